The fourth-order valence-electron chi connectivity index (χ4n) is 8.64. The Kier molecular flexibility index (Phi) is 11.6. The van der Waals surface area contributed by atoms with Crippen molar-refractivity contribution < 1.29 is 48.0 Å². The van der Waals surface area contributed by atoms with Gasteiger partial charge in [-0.05, 0) is 120 Å². The first kappa shape index (κ1) is 40.4. The summed E-state index contributed by atoms with van der Waals surface area (Å²) in [4.78, 5) is 52.7. The fourth-order valence-corrected chi connectivity index (χ4v) is 8.64. The predicted molar refractivity (Wildman–Crippen MR) is 213 cm³/mol. The van der Waals surface area contributed by atoms with Crippen molar-refractivity contribution in [3.63, 3.8) is 0 Å². The molecule has 12 heteroatoms. The molecule has 4 aliphatic carbocycles. The summed E-state index contributed by atoms with van der Waals surface area (Å²) in [6.07, 6.45) is 13.1. The summed E-state index contributed by atoms with van der Waals surface area (Å²) in [6.45, 7) is 5.15. The number of benzene rings is 2. The number of amides is 2. The zero-order valence-electron chi connectivity index (χ0n) is 33.7. The van der Waals surface area contributed by atoms with Gasteiger partial charge in [0.1, 0.15) is 23.9 Å². The number of esters is 2. The average Bonchev–Trinajstić information content (AvgIpc) is 4.07. The van der Waals surface area contributed by atoms with Gasteiger partial charge in [-0.25, -0.2) is 4.79 Å². The molecule has 2 saturated heterocycles. The topological polar surface area (TPSA) is 162 Å². The van der Waals surface area contributed by atoms with Crippen molar-refractivity contribution in [3.05, 3.63) is 88.5 Å². The number of allylic oxidation sites excluding steroid dienone is 1. The van der Waals surface area contributed by atoms with Crippen molar-refractivity contribution in [3.8, 4) is 0 Å². The summed E-state index contributed by atoms with van der Waals surface area (Å²) in [7, 11) is 0. The summed E-state index contributed by atoms with van der Waals surface area (Å²) < 4.78 is 30.7. The molecule has 2 amide bonds. The van der Waals surface area contributed by atoms with Crippen LogP contribution in [0, 0.1) is 17.8 Å². The van der Waals surface area contributed by atoms with Gasteiger partial charge in [0.05, 0.1) is 30.4 Å². The third-order valence-electron chi connectivity index (χ3n) is 12.0. The lowest BCUT2D eigenvalue weighted by molar-refractivity contribution is -0.209. The van der Waals surface area contributed by atoms with Gasteiger partial charge in [0.2, 0.25) is 5.91 Å². The maximum atomic E-state index is 13.8. The van der Waals surface area contributed by atoms with Crippen molar-refractivity contribution in [1.82, 2.24) is 10.6 Å². The minimum atomic E-state index is -0.733. The average molecular weight is 797 g/mol. The lowest BCUT2D eigenvalue weighted by atomic mass is 9.89. The van der Waals surface area contributed by atoms with Crippen molar-refractivity contribution in [2.45, 2.75) is 139 Å². The van der Waals surface area contributed by atoms with Crippen LogP contribution in [0.4, 0.5) is 0 Å². The van der Waals surface area contributed by atoms with E-state index in [-0.39, 0.29) is 38.3 Å². The van der Waals surface area contributed by atoms with Crippen LogP contribution in [0.3, 0.4) is 0 Å². The normalized spacial score (nSPS) is 27.8. The Hall–Kier alpha value is -4.36. The maximum absolute atomic E-state index is 13.8. The molecule has 8 rings (SSSR count). The van der Waals surface area contributed by atoms with Crippen molar-refractivity contribution in [2.75, 3.05) is 6.61 Å². The summed E-state index contributed by atoms with van der Waals surface area (Å²) in [6, 6.07) is 13.6. The number of epoxide rings is 1. The smallest absolute Gasteiger partial charge is 0.338 e. The highest BCUT2D eigenvalue weighted by atomic mass is 16.8. The van der Waals surface area contributed by atoms with Crippen LogP contribution in [0.15, 0.2) is 66.3 Å². The summed E-state index contributed by atoms with van der Waals surface area (Å²) >= 11 is 0. The molecule has 3 N–H and O–H groups in total. The molecule has 3 unspecified atom stereocenters. The highest BCUT2D eigenvalue weighted by Gasteiger charge is 2.64. The highest BCUT2D eigenvalue weighted by Crippen LogP contribution is 2.59. The van der Waals surface area contributed by atoms with E-state index in [1.165, 1.54) is 0 Å². The maximum Gasteiger partial charge on any atom is 0.338 e. The molecule has 2 heterocycles. The number of carbonyl (C=O) groups is 4. The number of aliphatic hydroxyl groups excluding tert-OH is 1. The molecule has 0 bridgehead atoms. The second-order valence-electron chi connectivity index (χ2n) is 17.9. The summed E-state index contributed by atoms with van der Waals surface area (Å²) in [5.41, 5.74) is 2.30. The molecule has 310 valence electrons. The third-order valence-corrected chi connectivity index (χ3v) is 12.0. The zero-order chi connectivity index (χ0) is 40.6. The quantitative estimate of drug-likeness (QED) is 0.145. The molecule has 58 heavy (non-hydrogen) atoms. The van der Waals surface area contributed by atoms with Crippen molar-refractivity contribution >= 4 is 29.8 Å². The van der Waals surface area contributed by atoms with Gasteiger partial charge in [0.15, 0.2) is 5.79 Å². The van der Waals surface area contributed by atoms with Crippen LogP contribution < -0.4 is 10.6 Å². The highest BCUT2D eigenvalue weighted by molar-refractivity contribution is 5.95. The van der Waals surface area contributed by atoms with Crippen LogP contribution in [0.1, 0.15) is 117 Å². The van der Waals surface area contributed by atoms with Gasteiger partial charge < -0.3 is 39.4 Å². The van der Waals surface area contributed by atoms with Crippen LogP contribution >= 0.6 is 0 Å². The van der Waals surface area contributed by atoms with Crippen molar-refractivity contribution in [2.24, 2.45) is 17.8 Å². The Morgan fingerprint density at radius 2 is 1.69 bits per heavy atom. The van der Waals surface area contributed by atoms with E-state index >= 15 is 0 Å². The Morgan fingerprint density at radius 3 is 2.38 bits per heavy atom. The van der Waals surface area contributed by atoms with Gasteiger partial charge in [-0.3, -0.25) is 14.4 Å². The van der Waals surface area contributed by atoms with Gasteiger partial charge in [0, 0.05) is 42.4 Å². The van der Waals surface area contributed by atoms with Gasteiger partial charge in [-0.15, -0.1) is 0 Å². The van der Waals surface area contributed by atoms with E-state index in [0.29, 0.717) is 52.2 Å². The Bertz CT molecular complexity index is 1910. The number of aliphatic hydroxyl groups is 1. The Balaban J connectivity index is 0.897. The van der Waals surface area contributed by atoms with E-state index in [9.17, 15) is 24.3 Å². The molecular weight excluding hydrogens is 741 g/mol. The summed E-state index contributed by atoms with van der Waals surface area (Å²) in [5, 5.41) is 15.6. The standard InChI is InChI=1S/C46H56N2O10/c1-45(2,3)57-40(50)20-18-35(26-49)48-43(52)31-6-4-5-29(21-31)25-47-42(51)32-23-38(41-39(24-32)56-46(58-41,33-14-15-33)34-16-17-34)55-44(53)30-12-9-27(10-13-30)7-8-28-11-19-36-37(22-28)54-36/h4-10,12-13,21,24,28,33-39,41,49H,11,14-20,22-23,25-26H2,1-3H3,(H,47,51)(H,48,52)/t28?,35-,36?,37?,38+,39+,41-/m0/s1. The van der Waals surface area contributed by atoms with E-state index in [2.05, 4.69) is 22.8 Å². The monoisotopic (exact) mass is 796 g/mol. The van der Waals surface area contributed by atoms with Crippen LogP contribution in [0.2, 0.25) is 0 Å². The molecule has 6 aliphatic rings. The molecule has 0 spiro atoms. The van der Waals surface area contributed by atoms with Gasteiger partial charge in [-0.1, -0.05) is 36.4 Å². The minimum absolute atomic E-state index is 0.0500. The van der Waals surface area contributed by atoms with Crippen LogP contribution in [0.25, 0.3) is 6.08 Å². The molecule has 2 aromatic rings. The van der Waals surface area contributed by atoms with Crippen molar-refractivity contribution in [1.29, 1.82) is 0 Å². The third kappa shape index (κ3) is 9.73. The molecule has 2 aromatic carbocycles. The van der Waals surface area contributed by atoms with E-state index < -0.39 is 53.6 Å². The second-order valence-corrected chi connectivity index (χ2v) is 17.9. The predicted octanol–water partition coefficient (Wildman–Crippen LogP) is 5.95. The molecule has 12 nitrogen and oxygen atoms in total. The first-order valence-corrected chi connectivity index (χ1v) is 21.1. The lowest BCUT2D eigenvalue weighted by Crippen LogP contribution is -2.44. The number of hydrogen-bond donors (Lipinski definition) is 3. The Labute approximate surface area is 340 Å². The molecule has 0 aromatic heterocycles. The first-order chi connectivity index (χ1) is 27.9. The van der Waals surface area contributed by atoms with Crippen LogP contribution in [-0.4, -0.2) is 83.4 Å². The molecule has 2 aliphatic heterocycles. The number of fused-ring (bicyclic) bond motifs is 2. The number of nitrogens with one attached hydrogen (secondary N) is 2. The van der Waals surface area contributed by atoms with Crippen LogP contribution in [0.5, 0.6) is 0 Å². The minimum Gasteiger partial charge on any atom is -0.460 e. The molecule has 0 radical (unpaired) electrons. The molecular formula is C46H56N2O10. The number of carbonyl (C=O) groups excluding carboxylic acids is 4. The fraction of sp³-hybridized carbons (Fsp3) is 0.565. The van der Waals surface area contributed by atoms with E-state index in [0.717, 1.165) is 50.5 Å². The van der Waals surface area contributed by atoms with Gasteiger partial charge in [0.25, 0.3) is 5.91 Å². The lowest BCUT2D eigenvalue weighted by Gasteiger charge is -2.31. The van der Waals surface area contributed by atoms with Crippen LogP contribution in [-0.2, 0) is 39.8 Å². The molecule has 5 fully saturated rings. The van der Waals surface area contributed by atoms with Gasteiger partial charge in [-0.2, -0.15) is 0 Å². The Morgan fingerprint density at radius 1 is 0.931 bits per heavy atom. The number of ether oxygens (including phenoxy) is 5. The summed E-state index contributed by atoms with van der Waals surface area (Å²) in [5.74, 6) is -1.24. The SMILES string of the molecule is CC(C)(C)OC(=O)CC[C@@H](CO)NC(=O)c1cccc(CNC(=O)C2=C[C@H]3OC(C4CC4)(C4CC4)O[C@H]3[C@H](OC(=O)c3ccc(C=CC4CCC5OC5C4)cc3)C2)c1. The molecule has 7 atom stereocenters. The van der Waals surface area contributed by atoms with E-state index in [4.69, 9.17) is 23.7 Å². The number of rotatable bonds is 15. The molecule has 3 saturated carbocycles. The van der Waals surface area contributed by atoms with E-state index in [1.807, 2.05) is 18.2 Å². The zero-order valence-corrected chi connectivity index (χ0v) is 33.7. The first-order valence-electron chi connectivity index (χ1n) is 21.1. The van der Waals surface area contributed by atoms with Gasteiger partial charge >= 0.3 is 11.9 Å². The largest absolute Gasteiger partial charge is 0.460 e. The second kappa shape index (κ2) is 16.7. The number of hydrogen-bond acceptors (Lipinski definition) is 10. The van der Waals surface area contributed by atoms with E-state index in [1.54, 1.807) is 57.2 Å².